The van der Waals surface area contributed by atoms with Crippen molar-refractivity contribution in [1.82, 2.24) is 0 Å². The molecule has 0 saturated carbocycles. The Morgan fingerprint density at radius 2 is 1.76 bits per heavy atom. The third kappa shape index (κ3) is 3.55. The zero-order valence-electron chi connectivity index (χ0n) is 11.3. The van der Waals surface area contributed by atoms with E-state index in [1.165, 1.54) is 0 Å². The molecular weight excluding hydrogens is 334 g/mol. The Hall–Kier alpha value is -2.01. The number of anilines is 1. The summed E-state index contributed by atoms with van der Waals surface area (Å²) in [5.74, 6) is 1.38. The van der Waals surface area contributed by atoms with Crippen LogP contribution in [0.25, 0.3) is 0 Å². The maximum absolute atomic E-state index is 12.0. The number of amides is 1. The van der Waals surface area contributed by atoms with Gasteiger partial charge in [0.1, 0.15) is 13.2 Å². The van der Waals surface area contributed by atoms with E-state index in [0.717, 1.165) is 21.5 Å². The fourth-order valence-corrected chi connectivity index (χ4v) is 2.39. The highest BCUT2D eigenvalue weighted by atomic mass is 79.9. The normalized spacial score (nSPS) is 12.8. The number of hydrogen-bond acceptors (Lipinski definition) is 3. The molecule has 0 atom stereocenters. The molecule has 0 aromatic heterocycles. The fourth-order valence-electron chi connectivity index (χ4n) is 2.12. The van der Waals surface area contributed by atoms with Gasteiger partial charge in [0.15, 0.2) is 11.5 Å². The maximum Gasteiger partial charge on any atom is 0.228 e. The van der Waals surface area contributed by atoms with E-state index >= 15 is 0 Å². The highest BCUT2D eigenvalue weighted by Gasteiger charge is 2.13. The molecule has 3 rings (SSSR count). The Morgan fingerprint density at radius 1 is 1.05 bits per heavy atom. The van der Waals surface area contributed by atoms with Crippen LogP contribution in [0.5, 0.6) is 11.5 Å². The molecule has 21 heavy (non-hydrogen) atoms. The molecule has 1 aliphatic rings. The molecule has 0 radical (unpaired) electrons. The van der Waals surface area contributed by atoms with E-state index in [2.05, 4.69) is 21.2 Å². The number of fused-ring (bicyclic) bond motifs is 1. The summed E-state index contributed by atoms with van der Waals surface area (Å²) in [4.78, 5) is 12.0. The molecule has 108 valence electrons. The highest BCUT2D eigenvalue weighted by molar-refractivity contribution is 9.10. The minimum absolute atomic E-state index is 0.0611. The largest absolute Gasteiger partial charge is 0.486 e. The summed E-state index contributed by atoms with van der Waals surface area (Å²) in [6.07, 6.45) is 0.298. The van der Waals surface area contributed by atoms with Crippen molar-refractivity contribution >= 4 is 27.5 Å². The lowest BCUT2D eigenvalue weighted by atomic mass is 10.1. The van der Waals surface area contributed by atoms with Crippen molar-refractivity contribution in [3.63, 3.8) is 0 Å². The molecule has 0 bridgehead atoms. The first-order chi connectivity index (χ1) is 10.2. The number of benzene rings is 2. The number of ether oxygens (including phenoxy) is 2. The molecule has 1 heterocycles. The van der Waals surface area contributed by atoms with Gasteiger partial charge in [0, 0.05) is 10.2 Å². The molecule has 0 spiro atoms. The Balaban J connectivity index is 1.65. The molecule has 2 aromatic rings. The first-order valence-electron chi connectivity index (χ1n) is 6.65. The molecular formula is C16H14BrNO3. The number of nitrogens with one attached hydrogen (secondary N) is 1. The second-order valence-electron chi connectivity index (χ2n) is 4.71. The molecule has 0 unspecified atom stereocenters. The second-order valence-corrected chi connectivity index (χ2v) is 5.63. The highest BCUT2D eigenvalue weighted by Crippen LogP contribution is 2.30. The third-order valence-corrected chi connectivity index (χ3v) is 3.63. The van der Waals surface area contributed by atoms with Gasteiger partial charge in [-0.3, -0.25) is 4.79 Å². The van der Waals surface area contributed by atoms with Crippen molar-refractivity contribution in [3.05, 3.63) is 52.5 Å². The minimum Gasteiger partial charge on any atom is -0.486 e. The van der Waals surface area contributed by atoms with E-state index in [1.807, 2.05) is 42.5 Å². The summed E-state index contributed by atoms with van der Waals surface area (Å²) in [5, 5.41) is 2.87. The zero-order chi connectivity index (χ0) is 14.7. The van der Waals surface area contributed by atoms with Crippen LogP contribution >= 0.6 is 15.9 Å². The molecule has 1 aliphatic heterocycles. The van der Waals surface area contributed by atoms with Gasteiger partial charge in [0.2, 0.25) is 5.91 Å². The summed E-state index contributed by atoms with van der Waals surface area (Å²) in [5.41, 5.74) is 1.68. The quantitative estimate of drug-likeness (QED) is 0.925. The van der Waals surface area contributed by atoms with Crippen LogP contribution in [-0.4, -0.2) is 19.1 Å². The SMILES string of the molecule is O=C(Cc1ccc2c(c1)OCCO2)Nc1ccc(Br)cc1. The average molecular weight is 348 g/mol. The summed E-state index contributed by atoms with van der Waals surface area (Å²) in [6.45, 7) is 1.11. The van der Waals surface area contributed by atoms with Gasteiger partial charge in [-0.2, -0.15) is 0 Å². The van der Waals surface area contributed by atoms with Crippen molar-refractivity contribution in [3.8, 4) is 11.5 Å². The van der Waals surface area contributed by atoms with E-state index in [1.54, 1.807) is 0 Å². The monoisotopic (exact) mass is 347 g/mol. The van der Waals surface area contributed by atoms with Crippen molar-refractivity contribution in [1.29, 1.82) is 0 Å². The lowest BCUT2D eigenvalue weighted by Gasteiger charge is -2.18. The van der Waals surface area contributed by atoms with Gasteiger partial charge in [0.25, 0.3) is 0 Å². The Morgan fingerprint density at radius 3 is 2.52 bits per heavy atom. The van der Waals surface area contributed by atoms with Crippen LogP contribution in [-0.2, 0) is 11.2 Å². The van der Waals surface area contributed by atoms with E-state index in [-0.39, 0.29) is 5.91 Å². The van der Waals surface area contributed by atoms with Crippen LogP contribution in [0.1, 0.15) is 5.56 Å². The number of hydrogen-bond donors (Lipinski definition) is 1. The topological polar surface area (TPSA) is 47.6 Å². The van der Waals surface area contributed by atoms with Crippen molar-refractivity contribution in [2.75, 3.05) is 18.5 Å². The average Bonchev–Trinajstić information content (AvgIpc) is 2.49. The molecule has 0 fully saturated rings. The predicted octanol–water partition coefficient (Wildman–Crippen LogP) is 3.40. The van der Waals surface area contributed by atoms with Crippen LogP contribution in [0, 0.1) is 0 Å². The van der Waals surface area contributed by atoms with Crippen LogP contribution in [0.15, 0.2) is 46.9 Å². The van der Waals surface area contributed by atoms with E-state index < -0.39 is 0 Å². The summed E-state index contributed by atoms with van der Waals surface area (Å²) in [6, 6.07) is 13.1. The van der Waals surface area contributed by atoms with Crippen molar-refractivity contribution in [2.24, 2.45) is 0 Å². The number of halogens is 1. The van der Waals surface area contributed by atoms with Gasteiger partial charge >= 0.3 is 0 Å². The molecule has 4 nitrogen and oxygen atoms in total. The van der Waals surface area contributed by atoms with Gasteiger partial charge in [-0.25, -0.2) is 0 Å². The summed E-state index contributed by atoms with van der Waals surface area (Å²) >= 11 is 3.36. The second kappa shape index (κ2) is 6.18. The molecule has 0 saturated heterocycles. The van der Waals surface area contributed by atoms with Gasteiger partial charge < -0.3 is 14.8 Å². The predicted molar refractivity (Wildman–Crippen MR) is 83.9 cm³/mol. The van der Waals surface area contributed by atoms with E-state index in [0.29, 0.717) is 25.4 Å². The lowest BCUT2D eigenvalue weighted by Crippen LogP contribution is -2.17. The van der Waals surface area contributed by atoms with Crippen LogP contribution in [0.3, 0.4) is 0 Å². The first kappa shape index (κ1) is 13.9. The molecule has 2 aromatic carbocycles. The van der Waals surface area contributed by atoms with Gasteiger partial charge in [-0.05, 0) is 42.0 Å². The molecule has 5 heteroatoms. The van der Waals surface area contributed by atoms with Gasteiger partial charge in [-0.1, -0.05) is 22.0 Å². The number of carbonyl (C=O) groups excluding carboxylic acids is 1. The zero-order valence-corrected chi connectivity index (χ0v) is 12.9. The third-order valence-electron chi connectivity index (χ3n) is 3.10. The number of rotatable bonds is 3. The number of carbonyl (C=O) groups is 1. The van der Waals surface area contributed by atoms with Crippen molar-refractivity contribution < 1.29 is 14.3 Å². The van der Waals surface area contributed by atoms with E-state index in [4.69, 9.17) is 9.47 Å². The Bertz CT molecular complexity index is 655. The Kier molecular flexibility index (Phi) is 4.10. The van der Waals surface area contributed by atoms with E-state index in [9.17, 15) is 4.79 Å². The Labute approximate surface area is 131 Å². The molecule has 1 N–H and O–H groups in total. The minimum atomic E-state index is -0.0611. The van der Waals surface area contributed by atoms with Crippen LogP contribution in [0.4, 0.5) is 5.69 Å². The fraction of sp³-hybridized carbons (Fsp3) is 0.188. The van der Waals surface area contributed by atoms with Crippen LogP contribution in [0.2, 0.25) is 0 Å². The molecule has 1 amide bonds. The van der Waals surface area contributed by atoms with Crippen molar-refractivity contribution in [2.45, 2.75) is 6.42 Å². The van der Waals surface area contributed by atoms with Gasteiger partial charge in [-0.15, -0.1) is 0 Å². The van der Waals surface area contributed by atoms with Crippen LogP contribution < -0.4 is 14.8 Å². The lowest BCUT2D eigenvalue weighted by molar-refractivity contribution is -0.115. The maximum atomic E-state index is 12.0. The first-order valence-corrected chi connectivity index (χ1v) is 7.44. The standard InChI is InChI=1S/C16H14BrNO3/c17-12-2-4-13(5-3-12)18-16(19)10-11-1-6-14-15(9-11)21-8-7-20-14/h1-6,9H,7-8,10H2,(H,18,19). The summed E-state index contributed by atoms with van der Waals surface area (Å²) < 4.78 is 12.0. The summed E-state index contributed by atoms with van der Waals surface area (Å²) in [7, 11) is 0. The van der Waals surface area contributed by atoms with Gasteiger partial charge in [0.05, 0.1) is 6.42 Å². The smallest absolute Gasteiger partial charge is 0.228 e. The molecule has 0 aliphatic carbocycles.